The Morgan fingerprint density at radius 1 is 1.00 bits per heavy atom. The van der Waals surface area contributed by atoms with Crippen LogP contribution >= 0.6 is 0 Å². The minimum atomic E-state index is -4.36. The van der Waals surface area contributed by atoms with Gasteiger partial charge in [0, 0.05) is 5.39 Å². The lowest BCUT2D eigenvalue weighted by atomic mass is 9.98. The Bertz CT molecular complexity index is 729. The van der Waals surface area contributed by atoms with E-state index in [4.69, 9.17) is 0 Å². The fourth-order valence-electron chi connectivity index (χ4n) is 2.09. The van der Waals surface area contributed by atoms with Crippen molar-refractivity contribution in [2.24, 2.45) is 0 Å². The average molecular weight is 262 g/mol. The smallest absolute Gasteiger partial charge is 0.278 e. The molecule has 0 amide bonds. The van der Waals surface area contributed by atoms with E-state index in [-0.39, 0.29) is 5.56 Å². The number of fused-ring (bicyclic) bond motifs is 1. The fourth-order valence-corrected chi connectivity index (χ4v) is 2.09. The van der Waals surface area contributed by atoms with Gasteiger partial charge in [-0.05, 0) is 29.3 Å². The molecule has 96 valence electrons. The highest BCUT2D eigenvalue weighted by Crippen LogP contribution is 2.37. The number of nitrogens with one attached hydrogen (secondary N) is 1. The topological polar surface area (TPSA) is 28.7 Å². The molecule has 0 fully saturated rings. The van der Waals surface area contributed by atoms with E-state index in [0.29, 0.717) is 5.56 Å². The normalized spacial score (nSPS) is 11.9. The first-order valence-corrected chi connectivity index (χ1v) is 5.65. The molecule has 0 bridgehead atoms. The Balaban J connectivity index is 2.21. The third kappa shape index (κ3) is 2.07. The molecule has 1 N–H and O–H groups in total. The zero-order valence-electron chi connectivity index (χ0n) is 9.70. The van der Waals surface area contributed by atoms with Gasteiger partial charge in [-0.1, -0.05) is 24.3 Å². The highest BCUT2D eigenvalue weighted by molar-refractivity contribution is 5.84. The number of aromatic amines is 1. The van der Waals surface area contributed by atoms with Crippen LogP contribution in [0.4, 0.5) is 13.2 Å². The molecule has 0 saturated carbocycles. The van der Waals surface area contributed by atoms with Gasteiger partial charge in [0.05, 0.1) is 17.3 Å². The van der Waals surface area contributed by atoms with Crippen LogP contribution in [0.15, 0.2) is 48.7 Å². The molecule has 3 rings (SSSR count). The summed E-state index contributed by atoms with van der Waals surface area (Å²) >= 11 is 0. The van der Waals surface area contributed by atoms with E-state index in [9.17, 15) is 13.2 Å². The van der Waals surface area contributed by atoms with Gasteiger partial charge in [-0.25, -0.2) is 0 Å². The minimum Gasteiger partial charge on any atom is -0.278 e. The second-order valence-corrected chi connectivity index (χ2v) is 4.22. The van der Waals surface area contributed by atoms with Gasteiger partial charge in [-0.15, -0.1) is 0 Å². The maximum absolute atomic E-state index is 13.0. The van der Waals surface area contributed by atoms with Crippen molar-refractivity contribution in [2.45, 2.75) is 6.18 Å². The largest absolute Gasteiger partial charge is 0.417 e. The Morgan fingerprint density at radius 3 is 2.58 bits per heavy atom. The molecule has 3 aromatic rings. The molecule has 19 heavy (non-hydrogen) atoms. The fraction of sp³-hybridized carbons (Fsp3) is 0.0714. The predicted octanol–water partition coefficient (Wildman–Crippen LogP) is 4.25. The van der Waals surface area contributed by atoms with Crippen LogP contribution < -0.4 is 0 Å². The molecule has 1 aromatic heterocycles. The Kier molecular flexibility index (Phi) is 2.55. The van der Waals surface area contributed by atoms with Crippen LogP contribution in [0.1, 0.15) is 5.56 Å². The summed E-state index contributed by atoms with van der Waals surface area (Å²) in [4.78, 5) is 0. The first kappa shape index (κ1) is 11.8. The lowest BCUT2D eigenvalue weighted by Crippen LogP contribution is -2.06. The number of hydrogen-bond donors (Lipinski definition) is 1. The van der Waals surface area contributed by atoms with Crippen LogP contribution in [-0.2, 0) is 6.18 Å². The summed E-state index contributed by atoms with van der Waals surface area (Å²) in [6.45, 7) is 0. The predicted molar refractivity (Wildman–Crippen MR) is 66.5 cm³/mol. The van der Waals surface area contributed by atoms with Gasteiger partial charge in [-0.3, -0.25) is 5.10 Å². The number of rotatable bonds is 1. The van der Waals surface area contributed by atoms with Crippen LogP contribution in [0, 0.1) is 0 Å². The highest BCUT2D eigenvalue weighted by atomic mass is 19.4. The van der Waals surface area contributed by atoms with Crippen LogP contribution in [0.2, 0.25) is 0 Å². The quantitative estimate of drug-likeness (QED) is 0.697. The molecule has 2 nitrogen and oxygen atoms in total. The maximum Gasteiger partial charge on any atom is 0.417 e. The molecule has 1 heterocycles. The van der Waals surface area contributed by atoms with Gasteiger partial charge in [0.1, 0.15) is 0 Å². The van der Waals surface area contributed by atoms with Gasteiger partial charge in [0.15, 0.2) is 0 Å². The molecule has 0 spiro atoms. The van der Waals surface area contributed by atoms with E-state index >= 15 is 0 Å². The summed E-state index contributed by atoms with van der Waals surface area (Å²) in [6.07, 6.45) is -2.77. The number of nitrogens with zero attached hydrogens (tertiary/aromatic N) is 1. The molecule has 0 radical (unpaired) electrons. The summed E-state index contributed by atoms with van der Waals surface area (Å²) in [7, 11) is 0. The van der Waals surface area contributed by atoms with E-state index in [0.717, 1.165) is 17.0 Å². The molecule has 0 unspecified atom stereocenters. The molecule has 0 aliphatic carbocycles. The van der Waals surface area contributed by atoms with E-state index < -0.39 is 11.7 Å². The van der Waals surface area contributed by atoms with E-state index in [1.807, 2.05) is 0 Å². The monoisotopic (exact) mass is 262 g/mol. The van der Waals surface area contributed by atoms with Crippen molar-refractivity contribution in [2.75, 3.05) is 0 Å². The van der Waals surface area contributed by atoms with Crippen LogP contribution in [0.3, 0.4) is 0 Å². The van der Waals surface area contributed by atoms with Crippen molar-refractivity contribution < 1.29 is 13.2 Å². The Labute approximate surface area is 106 Å². The number of H-pyrrole nitrogens is 1. The number of aromatic nitrogens is 2. The van der Waals surface area contributed by atoms with E-state index in [1.54, 1.807) is 30.5 Å². The maximum atomic E-state index is 13.0. The molecule has 5 heteroatoms. The lowest BCUT2D eigenvalue weighted by molar-refractivity contribution is -0.137. The minimum absolute atomic E-state index is 0.179. The van der Waals surface area contributed by atoms with E-state index in [1.165, 1.54) is 12.1 Å². The summed E-state index contributed by atoms with van der Waals surface area (Å²) in [5, 5.41) is 7.42. The van der Waals surface area contributed by atoms with Crippen molar-refractivity contribution in [1.29, 1.82) is 0 Å². The average Bonchev–Trinajstić information content (AvgIpc) is 2.85. The number of benzene rings is 2. The Morgan fingerprint density at radius 2 is 1.79 bits per heavy atom. The number of alkyl halides is 3. The molecule has 2 aromatic carbocycles. The Hall–Kier alpha value is -2.30. The second-order valence-electron chi connectivity index (χ2n) is 4.22. The molecule has 0 atom stereocenters. The number of hydrogen-bond acceptors (Lipinski definition) is 1. The first-order chi connectivity index (χ1) is 9.05. The lowest BCUT2D eigenvalue weighted by Gasteiger charge is -2.12. The van der Waals surface area contributed by atoms with Gasteiger partial charge in [0.25, 0.3) is 0 Å². The SMILES string of the molecule is FC(F)(F)c1ccccc1-c1ccc2[nH]ncc2c1. The van der Waals surface area contributed by atoms with Gasteiger partial charge < -0.3 is 0 Å². The van der Waals surface area contributed by atoms with Gasteiger partial charge in [-0.2, -0.15) is 18.3 Å². The van der Waals surface area contributed by atoms with Crippen molar-refractivity contribution in [3.8, 4) is 11.1 Å². The molecular formula is C14H9F3N2. The van der Waals surface area contributed by atoms with Crippen molar-refractivity contribution in [1.82, 2.24) is 10.2 Å². The third-order valence-corrected chi connectivity index (χ3v) is 2.98. The molecule has 0 aliphatic heterocycles. The molecule has 0 aliphatic rings. The van der Waals surface area contributed by atoms with Crippen molar-refractivity contribution in [3.05, 3.63) is 54.2 Å². The third-order valence-electron chi connectivity index (χ3n) is 2.98. The standard InChI is InChI=1S/C14H9F3N2/c15-14(16,17)12-4-2-1-3-11(12)9-5-6-13-10(7-9)8-18-19-13/h1-8H,(H,18,19). The van der Waals surface area contributed by atoms with Crippen molar-refractivity contribution >= 4 is 10.9 Å². The molecular weight excluding hydrogens is 253 g/mol. The highest BCUT2D eigenvalue weighted by Gasteiger charge is 2.33. The van der Waals surface area contributed by atoms with Crippen molar-refractivity contribution in [3.63, 3.8) is 0 Å². The molecule has 0 saturated heterocycles. The van der Waals surface area contributed by atoms with Crippen LogP contribution in [-0.4, -0.2) is 10.2 Å². The van der Waals surface area contributed by atoms with Crippen LogP contribution in [0.5, 0.6) is 0 Å². The van der Waals surface area contributed by atoms with Gasteiger partial charge in [0.2, 0.25) is 0 Å². The zero-order chi connectivity index (χ0) is 13.5. The second kappa shape index (κ2) is 4.12. The number of halogens is 3. The summed E-state index contributed by atoms with van der Waals surface area (Å²) < 4.78 is 38.9. The van der Waals surface area contributed by atoms with E-state index in [2.05, 4.69) is 10.2 Å². The van der Waals surface area contributed by atoms with Crippen LogP contribution in [0.25, 0.3) is 22.0 Å². The summed E-state index contributed by atoms with van der Waals surface area (Å²) in [5.41, 5.74) is 0.881. The van der Waals surface area contributed by atoms with Gasteiger partial charge >= 0.3 is 6.18 Å². The zero-order valence-corrected chi connectivity index (χ0v) is 9.70. The summed E-state index contributed by atoms with van der Waals surface area (Å²) in [5.74, 6) is 0. The summed E-state index contributed by atoms with van der Waals surface area (Å²) in [6, 6.07) is 10.6. The first-order valence-electron chi connectivity index (χ1n) is 5.65.